The predicted octanol–water partition coefficient (Wildman–Crippen LogP) is 6.92. The first kappa shape index (κ1) is 28.5. The highest BCUT2D eigenvalue weighted by molar-refractivity contribution is 6.74. The van der Waals surface area contributed by atoms with Crippen LogP contribution >= 0.6 is 0 Å². The van der Waals surface area contributed by atoms with E-state index >= 15 is 0 Å². The lowest BCUT2D eigenvalue weighted by atomic mass is 10.1. The van der Waals surface area contributed by atoms with Gasteiger partial charge in [-0.1, -0.05) is 93.6 Å². The van der Waals surface area contributed by atoms with Gasteiger partial charge in [0, 0.05) is 0 Å². The van der Waals surface area contributed by atoms with Gasteiger partial charge >= 0.3 is 12.2 Å². The van der Waals surface area contributed by atoms with E-state index in [4.69, 9.17) is 13.9 Å². The van der Waals surface area contributed by atoms with Gasteiger partial charge in [0.15, 0.2) is 8.32 Å². The van der Waals surface area contributed by atoms with Gasteiger partial charge in [0.25, 0.3) is 0 Å². The van der Waals surface area contributed by atoms with Gasteiger partial charge in [0.2, 0.25) is 0 Å². The Hall–Kier alpha value is -3.10. The van der Waals surface area contributed by atoms with Crippen molar-refractivity contribution in [3.8, 4) is 0 Å². The molecule has 1 aliphatic heterocycles. The highest BCUT2D eigenvalue weighted by Gasteiger charge is 2.43. The summed E-state index contributed by atoms with van der Waals surface area (Å²) < 4.78 is 18.1. The summed E-state index contributed by atoms with van der Waals surface area (Å²) in [5.41, 5.74) is 1.73. The van der Waals surface area contributed by atoms with E-state index in [2.05, 4.69) is 33.9 Å². The predicted molar refractivity (Wildman–Crippen MR) is 147 cm³/mol. The Morgan fingerprint density at radius 1 is 0.865 bits per heavy atom. The van der Waals surface area contributed by atoms with Crippen LogP contribution in [0.2, 0.25) is 18.1 Å². The molecule has 200 valence electrons. The molecule has 0 bridgehead atoms. The van der Waals surface area contributed by atoms with Crippen LogP contribution in [-0.4, -0.2) is 49.2 Å². The average Bonchev–Trinajstić information content (AvgIpc) is 2.86. The summed E-state index contributed by atoms with van der Waals surface area (Å²) >= 11 is 0. The summed E-state index contributed by atoms with van der Waals surface area (Å²) in [5.74, 6) is 0. The zero-order valence-electron chi connectivity index (χ0n) is 22.8. The summed E-state index contributed by atoms with van der Waals surface area (Å²) in [5, 5.41) is 2.68. The molecule has 0 saturated heterocycles. The molecule has 0 N–H and O–H groups in total. The van der Waals surface area contributed by atoms with E-state index in [1.54, 1.807) is 0 Å². The normalized spacial score (nSPS) is 19.5. The van der Waals surface area contributed by atoms with Gasteiger partial charge in [-0.15, -0.1) is 0 Å². The number of hydrogen-bond acceptors (Lipinski definition) is 5. The van der Waals surface area contributed by atoms with Crippen molar-refractivity contribution in [1.82, 2.24) is 10.0 Å². The van der Waals surface area contributed by atoms with Gasteiger partial charge in [0.05, 0.1) is 18.7 Å². The Morgan fingerprint density at radius 3 is 1.89 bits per heavy atom. The average molecular weight is 525 g/mol. The molecule has 8 heteroatoms. The zero-order chi connectivity index (χ0) is 27.1. The highest BCUT2D eigenvalue weighted by Crippen LogP contribution is 2.38. The fraction of sp³-hybridized carbons (Fsp3) is 0.448. The monoisotopic (exact) mass is 524 g/mol. The van der Waals surface area contributed by atoms with Gasteiger partial charge in [-0.3, -0.25) is 0 Å². The quantitative estimate of drug-likeness (QED) is 0.303. The van der Waals surface area contributed by atoms with Crippen molar-refractivity contribution in [2.45, 2.75) is 77.6 Å². The number of hydrazine groups is 1. The summed E-state index contributed by atoms with van der Waals surface area (Å²) in [6.07, 6.45) is 2.96. The summed E-state index contributed by atoms with van der Waals surface area (Å²) in [6.45, 7) is 13.2. The Balaban J connectivity index is 1.86. The Morgan fingerprint density at radius 2 is 1.38 bits per heavy atom. The van der Waals surface area contributed by atoms with Gasteiger partial charge in [0.1, 0.15) is 13.2 Å². The molecule has 2 amide bonds. The third kappa shape index (κ3) is 7.69. The van der Waals surface area contributed by atoms with Crippen LogP contribution in [0.5, 0.6) is 0 Å². The minimum Gasteiger partial charge on any atom is -0.443 e. The smallest absolute Gasteiger partial charge is 0.429 e. The van der Waals surface area contributed by atoms with E-state index in [0.29, 0.717) is 6.42 Å². The standard InChI is InChI=1S/C29H40N2O5Si/c1-23-26(36-37(5,6)29(2,3)4)19-13-14-20-30(27(32)34-21-24-15-9-7-10-16-24)31(23)28(33)35-22-25-17-11-8-12-18-25/h7-18,23,26H,19-22H2,1-6H3/b14-13-/t23-,26+/m1/s1. The molecule has 2 atom stereocenters. The number of carbonyl (C=O) groups excluding carboxylic acids is 2. The molecule has 0 aliphatic carbocycles. The molecule has 0 unspecified atom stereocenters. The highest BCUT2D eigenvalue weighted by atomic mass is 28.4. The fourth-order valence-corrected chi connectivity index (χ4v) is 5.18. The van der Waals surface area contributed by atoms with Crippen molar-refractivity contribution in [2.24, 2.45) is 0 Å². The third-order valence-corrected chi connectivity index (χ3v) is 11.6. The minimum absolute atomic E-state index is 0.00818. The van der Waals surface area contributed by atoms with E-state index in [1.807, 2.05) is 79.7 Å². The van der Waals surface area contributed by atoms with Gasteiger partial charge in [-0.25, -0.2) is 19.6 Å². The second-order valence-corrected chi connectivity index (χ2v) is 15.6. The molecule has 1 aliphatic rings. The van der Waals surface area contributed by atoms with Gasteiger partial charge in [-0.2, -0.15) is 0 Å². The van der Waals surface area contributed by atoms with Crippen molar-refractivity contribution in [1.29, 1.82) is 0 Å². The Bertz CT molecular complexity index is 1050. The largest absolute Gasteiger partial charge is 0.443 e. The molecule has 37 heavy (non-hydrogen) atoms. The van der Waals surface area contributed by atoms with E-state index in [0.717, 1.165) is 11.1 Å². The summed E-state index contributed by atoms with van der Waals surface area (Å²) in [7, 11) is -2.16. The van der Waals surface area contributed by atoms with Crippen LogP contribution < -0.4 is 0 Å². The van der Waals surface area contributed by atoms with Crippen molar-refractivity contribution in [3.05, 3.63) is 83.9 Å². The van der Waals surface area contributed by atoms with Crippen molar-refractivity contribution >= 4 is 20.5 Å². The van der Waals surface area contributed by atoms with Crippen molar-refractivity contribution in [2.75, 3.05) is 6.54 Å². The second kappa shape index (κ2) is 12.4. The van der Waals surface area contributed by atoms with E-state index < -0.39 is 26.5 Å². The summed E-state index contributed by atoms with van der Waals surface area (Å²) in [4.78, 5) is 26.8. The molecule has 0 aromatic heterocycles. The van der Waals surface area contributed by atoms with Crippen LogP contribution in [0.4, 0.5) is 9.59 Å². The maximum Gasteiger partial charge on any atom is 0.429 e. The van der Waals surface area contributed by atoms with Crippen LogP contribution in [0.1, 0.15) is 45.2 Å². The van der Waals surface area contributed by atoms with Gasteiger partial charge < -0.3 is 13.9 Å². The summed E-state index contributed by atoms with van der Waals surface area (Å²) in [6, 6.07) is 18.5. The van der Waals surface area contributed by atoms with Crippen LogP contribution in [0.3, 0.4) is 0 Å². The Labute approximate surface area is 222 Å². The number of ether oxygens (including phenoxy) is 2. The lowest BCUT2D eigenvalue weighted by molar-refractivity contribution is -0.0661. The van der Waals surface area contributed by atoms with Crippen molar-refractivity contribution in [3.63, 3.8) is 0 Å². The van der Waals surface area contributed by atoms with Crippen LogP contribution in [0.15, 0.2) is 72.8 Å². The van der Waals surface area contributed by atoms with E-state index in [1.165, 1.54) is 10.0 Å². The number of amides is 2. The van der Waals surface area contributed by atoms with Gasteiger partial charge in [-0.05, 0) is 42.6 Å². The maximum absolute atomic E-state index is 13.5. The molecule has 1 heterocycles. The molecule has 2 aromatic rings. The molecular weight excluding hydrogens is 484 g/mol. The Kier molecular flexibility index (Phi) is 9.56. The first-order valence-electron chi connectivity index (χ1n) is 12.8. The van der Waals surface area contributed by atoms with Crippen LogP contribution in [0.25, 0.3) is 0 Å². The molecular formula is C29H40N2O5Si. The second-order valence-electron chi connectivity index (χ2n) is 10.9. The van der Waals surface area contributed by atoms with E-state index in [-0.39, 0.29) is 30.9 Å². The lowest BCUT2D eigenvalue weighted by Crippen LogP contribution is -2.60. The molecule has 0 fully saturated rings. The minimum atomic E-state index is -2.16. The third-order valence-electron chi connectivity index (χ3n) is 7.06. The molecule has 0 radical (unpaired) electrons. The molecule has 3 rings (SSSR count). The fourth-order valence-electron chi connectivity index (χ4n) is 3.78. The number of benzene rings is 2. The molecule has 0 spiro atoms. The van der Waals surface area contributed by atoms with Crippen molar-refractivity contribution < 1.29 is 23.5 Å². The number of carbonyl (C=O) groups is 2. The topological polar surface area (TPSA) is 68.3 Å². The van der Waals surface area contributed by atoms with Crippen LogP contribution in [-0.2, 0) is 27.1 Å². The number of hydrogen-bond donors (Lipinski definition) is 0. The lowest BCUT2D eigenvalue weighted by Gasteiger charge is -2.45. The molecule has 2 aromatic carbocycles. The maximum atomic E-state index is 13.5. The SMILES string of the molecule is C[C@@H]1[C@@H](O[Si](C)(C)C(C)(C)C)C/C=C\CN(C(=O)OCc2ccccc2)N1C(=O)OCc1ccccc1. The van der Waals surface area contributed by atoms with E-state index in [9.17, 15) is 9.59 Å². The first-order valence-corrected chi connectivity index (χ1v) is 15.7. The first-order chi connectivity index (χ1) is 17.5. The zero-order valence-corrected chi connectivity index (χ0v) is 23.8. The number of nitrogens with zero attached hydrogens (tertiary/aromatic N) is 2. The molecule has 0 saturated carbocycles. The number of rotatable bonds is 6. The molecule has 7 nitrogen and oxygen atoms in total. The van der Waals surface area contributed by atoms with Crippen LogP contribution in [0, 0.1) is 0 Å².